The summed E-state index contributed by atoms with van der Waals surface area (Å²) in [5.74, 6) is 0. The van der Waals surface area contributed by atoms with Crippen LogP contribution in [0.5, 0.6) is 0 Å². The van der Waals surface area contributed by atoms with Crippen molar-refractivity contribution in [1.29, 1.82) is 0 Å². The van der Waals surface area contributed by atoms with Crippen LogP contribution in [0.4, 0.5) is 0 Å². The molecule has 0 aromatic heterocycles. The van der Waals surface area contributed by atoms with Gasteiger partial charge in [-0.3, -0.25) is 0 Å². The van der Waals surface area contributed by atoms with Crippen LogP contribution < -0.4 is 0 Å². The van der Waals surface area contributed by atoms with E-state index in [0.29, 0.717) is 12.7 Å². The fourth-order valence-electron chi connectivity index (χ4n) is 1.01. The van der Waals surface area contributed by atoms with Crippen molar-refractivity contribution in [2.24, 2.45) is 0 Å². The van der Waals surface area contributed by atoms with Crippen molar-refractivity contribution in [3.05, 3.63) is 0 Å². The molecule has 2 unspecified atom stereocenters. The highest BCUT2D eigenvalue weighted by atomic mass is 17.5. The van der Waals surface area contributed by atoms with Crippen molar-refractivity contribution in [2.45, 2.75) is 32.0 Å². The fraction of sp³-hybridized carbons (Fsp3) is 1.00. The fourth-order valence-corrected chi connectivity index (χ4v) is 1.01. The van der Waals surface area contributed by atoms with E-state index in [2.05, 4.69) is 9.93 Å². The summed E-state index contributed by atoms with van der Waals surface area (Å²) in [7, 11) is 1.41. The van der Waals surface area contributed by atoms with Gasteiger partial charge in [0.25, 0.3) is 0 Å². The minimum Gasteiger partial charge on any atom is -0.379 e. The largest absolute Gasteiger partial charge is 0.379 e. The lowest BCUT2D eigenvalue weighted by atomic mass is 10.2. The van der Waals surface area contributed by atoms with Gasteiger partial charge < -0.3 is 9.47 Å². The van der Waals surface area contributed by atoms with E-state index in [9.17, 15) is 0 Å². The molecule has 1 aliphatic rings. The molecular formula is C9H18O5. The molecule has 84 valence electrons. The van der Waals surface area contributed by atoms with E-state index in [-0.39, 0.29) is 6.10 Å². The van der Waals surface area contributed by atoms with E-state index in [1.54, 1.807) is 0 Å². The molecule has 0 aromatic rings. The summed E-state index contributed by atoms with van der Waals surface area (Å²) in [5, 5.41) is 4.34. The minimum atomic E-state index is 0.0238. The number of hydrogen-bond donors (Lipinski definition) is 0. The Balaban J connectivity index is 1.77. The maximum atomic E-state index is 5.36. The highest BCUT2D eigenvalue weighted by molar-refractivity contribution is 4.67. The Hall–Kier alpha value is -0.200. The van der Waals surface area contributed by atoms with Crippen molar-refractivity contribution in [1.82, 2.24) is 0 Å². The van der Waals surface area contributed by atoms with Gasteiger partial charge in [0.05, 0.1) is 26.4 Å². The summed E-state index contributed by atoms with van der Waals surface area (Å²) in [5.41, 5.74) is 0. The van der Waals surface area contributed by atoms with E-state index < -0.39 is 0 Å². The summed E-state index contributed by atoms with van der Waals surface area (Å²) in [6, 6.07) is 0. The molecule has 0 aromatic carbocycles. The second-order valence-corrected chi connectivity index (χ2v) is 3.31. The van der Waals surface area contributed by atoms with Crippen LogP contribution in [0.25, 0.3) is 0 Å². The summed E-state index contributed by atoms with van der Waals surface area (Å²) in [4.78, 5) is 9.14. The molecule has 0 radical (unpaired) electrons. The lowest BCUT2D eigenvalue weighted by Crippen LogP contribution is -2.10. The third-order valence-corrected chi connectivity index (χ3v) is 1.88. The monoisotopic (exact) mass is 206 g/mol. The lowest BCUT2D eigenvalue weighted by Gasteiger charge is -2.09. The zero-order valence-electron chi connectivity index (χ0n) is 8.73. The van der Waals surface area contributed by atoms with Gasteiger partial charge in [-0.05, 0) is 19.8 Å². The van der Waals surface area contributed by atoms with Crippen LogP contribution in [0.2, 0.25) is 0 Å². The predicted molar refractivity (Wildman–Crippen MR) is 48.4 cm³/mol. The van der Waals surface area contributed by atoms with Crippen LogP contribution in [-0.4, -0.2) is 39.1 Å². The second kappa shape index (κ2) is 7.14. The van der Waals surface area contributed by atoms with Crippen molar-refractivity contribution >= 4 is 0 Å². The van der Waals surface area contributed by atoms with Gasteiger partial charge in [-0.25, -0.2) is 9.78 Å². The van der Waals surface area contributed by atoms with Crippen molar-refractivity contribution in [3.63, 3.8) is 0 Å². The van der Waals surface area contributed by atoms with Gasteiger partial charge in [-0.15, -0.1) is 0 Å². The van der Waals surface area contributed by atoms with Crippen LogP contribution in [0.1, 0.15) is 19.8 Å². The molecule has 2 atom stereocenters. The summed E-state index contributed by atoms with van der Waals surface area (Å²) < 4.78 is 10.4. The number of epoxide rings is 1. The molecule has 1 aliphatic heterocycles. The summed E-state index contributed by atoms with van der Waals surface area (Å²) >= 11 is 0. The van der Waals surface area contributed by atoms with Crippen LogP contribution in [-0.2, 0) is 24.3 Å². The number of ether oxygens (including phenoxy) is 2. The molecule has 14 heavy (non-hydrogen) atoms. The smallest absolute Gasteiger partial charge is 0.104 e. The molecule has 0 saturated carbocycles. The topological polar surface area (TPSA) is 49.5 Å². The minimum absolute atomic E-state index is 0.0238. The number of rotatable bonds is 9. The SMILES string of the molecule is COOOC(C)CCCOCC1CO1. The third kappa shape index (κ3) is 6.28. The Morgan fingerprint density at radius 2 is 2.29 bits per heavy atom. The first-order chi connectivity index (χ1) is 6.83. The van der Waals surface area contributed by atoms with Gasteiger partial charge in [-0.2, -0.15) is 0 Å². The van der Waals surface area contributed by atoms with Crippen molar-refractivity contribution in [2.75, 3.05) is 26.9 Å². The Morgan fingerprint density at radius 3 is 2.93 bits per heavy atom. The van der Waals surface area contributed by atoms with E-state index in [1.807, 2.05) is 6.92 Å². The molecule has 0 spiro atoms. The maximum absolute atomic E-state index is 5.36. The van der Waals surface area contributed by atoms with Gasteiger partial charge >= 0.3 is 0 Å². The van der Waals surface area contributed by atoms with Gasteiger partial charge in [-0.1, -0.05) is 5.04 Å². The number of hydrogen-bond acceptors (Lipinski definition) is 5. The Bertz CT molecular complexity index is 137. The van der Waals surface area contributed by atoms with E-state index >= 15 is 0 Å². The Kier molecular flexibility index (Phi) is 6.05. The predicted octanol–water partition coefficient (Wildman–Crippen LogP) is 1.08. The Morgan fingerprint density at radius 1 is 1.50 bits per heavy atom. The van der Waals surface area contributed by atoms with E-state index in [0.717, 1.165) is 26.1 Å². The van der Waals surface area contributed by atoms with Gasteiger partial charge in [0.15, 0.2) is 0 Å². The summed E-state index contributed by atoms with van der Waals surface area (Å²) in [6.07, 6.45) is 2.20. The first kappa shape index (κ1) is 11.9. The van der Waals surface area contributed by atoms with Crippen molar-refractivity contribution < 1.29 is 24.3 Å². The molecule has 1 heterocycles. The average Bonchev–Trinajstić information content (AvgIpc) is 2.98. The van der Waals surface area contributed by atoms with Gasteiger partial charge in [0.2, 0.25) is 0 Å². The molecule has 0 bridgehead atoms. The third-order valence-electron chi connectivity index (χ3n) is 1.88. The molecule has 1 rings (SSSR count). The quantitative estimate of drug-likeness (QED) is 0.244. The standard InChI is InChI=1S/C9H18O5/c1-8(13-14-10-2)4-3-5-11-6-9-7-12-9/h8-9H,3-7H2,1-2H3. The van der Waals surface area contributed by atoms with Crippen LogP contribution in [0, 0.1) is 0 Å². The molecule has 0 N–H and O–H groups in total. The Labute approximate surface area is 84.1 Å². The molecular weight excluding hydrogens is 188 g/mol. The van der Waals surface area contributed by atoms with E-state index in [4.69, 9.17) is 14.4 Å². The highest BCUT2D eigenvalue weighted by Gasteiger charge is 2.21. The molecule has 5 nitrogen and oxygen atoms in total. The first-order valence-corrected chi connectivity index (χ1v) is 4.88. The first-order valence-electron chi connectivity index (χ1n) is 4.88. The van der Waals surface area contributed by atoms with Gasteiger partial charge in [0, 0.05) is 6.61 Å². The lowest BCUT2D eigenvalue weighted by molar-refractivity contribution is -0.515. The normalized spacial score (nSPS) is 22.3. The second-order valence-electron chi connectivity index (χ2n) is 3.31. The van der Waals surface area contributed by atoms with E-state index in [1.165, 1.54) is 7.11 Å². The molecule has 0 aliphatic carbocycles. The maximum Gasteiger partial charge on any atom is 0.104 e. The molecule has 0 amide bonds. The average molecular weight is 206 g/mol. The van der Waals surface area contributed by atoms with Crippen LogP contribution in [0.15, 0.2) is 0 Å². The zero-order valence-corrected chi connectivity index (χ0v) is 8.73. The zero-order chi connectivity index (χ0) is 10.2. The van der Waals surface area contributed by atoms with Crippen molar-refractivity contribution in [3.8, 4) is 0 Å². The van der Waals surface area contributed by atoms with Crippen LogP contribution in [0.3, 0.4) is 0 Å². The highest BCUT2D eigenvalue weighted by Crippen LogP contribution is 2.09. The van der Waals surface area contributed by atoms with Crippen LogP contribution >= 0.6 is 0 Å². The van der Waals surface area contributed by atoms with Gasteiger partial charge in [0.1, 0.15) is 6.10 Å². The molecule has 1 fully saturated rings. The molecule has 5 heteroatoms. The summed E-state index contributed by atoms with van der Waals surface area (Å²) in [6.45, 7) is 4.22. The molecule has 1 saturated heterocycles.